The number of methoxy groups -OCH3 is 1. The van der Waals surface area contributed by atoms with Crippen LogP contribution in [0.1, 0.15) is 17.4 Å². The fraction of sp³-hybridized carbons (Fsp3) is 0.375. The van der Waals surface area contributed by atoms with E-state index in [4.69, 9.17) is 5.73 Å². The van der Waals surface area contributed by atoms with Gasteiger partial charge in [-0.05, 0) is 6.92 Å². The Balaban J connectivity index is 2.95. The van der Waals surface area contributed by atoms with Gasteiger partial charge in [-0.15, -0.1) is 4.68 Å². The van der Waals surface area contributed by atoms with Gasteiger partial charge in [0.1, 0.15) is 5.82 Å². The zero-order valence-electron chi connectivity index (χ0n) is 8.39. The molecule has 0 unspecified atom stereocenters. The van der Waals surface area contributed by atoms with E-state index < -0.39 is 12.1 Å². The summed E-state index contributed by atoms with van der Waals surface area (Å²) in [6.07, 6.45) is -0.761. The number of rotatable bonds is 2. The topological polar surface area (TPSA) is 96.4 Å². The van der Waals surface area contributed by atoms with E-state index in [0.717, 1.165) is 4.68 Å². The van der Waals surface area contributed by atoms with Crippen LogP contribution in [0.5, 0.6) is 0 Å². The molecule has 82 valence electrons. The molecule has 1 heterocycles. The fourth-order valence-corrected chi connectivity index (χ4v) is 0.933. The molecule has 1 rings (SSSR count). The maximum Gasteiger partial charge on any atom is 0.436 e. The van der Waals surface area contributed by atoms with Crippen molar-refractivity contribution < 1.29 is 19.1 Å². The molecular weight excluding hydrogens is 202 g/mol. The average Bonchev–Trinajstić information content (AvgIpc) is 2.60. The van der Waals surface area contributed by atoms with Crippen molar-refractivity contribution in [3.63, 3.8) is 0 Å². The number of carbonyl (C=O) groups excluding carboxylic acids is 2. The molecule has 0 spiro atoms. The summed E-state index contributed by atoms with van der Waals surface area (Å²) in [4.78, 5) is 22.3. The first-order chi connectivity index (χ1) is 7.10. The van der Waals surface area contributed by atoms with Crippen LogP contribution in [0.25, 0.3) is 0 Å². The third-order valence-electron chi connectivity index (χ3n) is 1.57. The van der Waals surface area contributed by atoms with Crippen molar-refractivity contribution in [1.82, 2.24) is 9.78 Å². The van der Waals surface area contributed by atoms with Crippen LogP contribution >= 0.6 is 0 Å². The number of nitrogen functional groups attached to an aromatic ring is 1. The van der Waals surface area contributed by atoms with Crippen molar-refractivity contribution in [3.05, 3.63) is 11.8 Å². The molecule has 7 heteroatoms. The molecule has 0 saturated heterocycles. The minimum atomic E-state index is -0.761. The first kappa shape index (κ1) is 11.0. The molecule has 0 fully saturated rings. The molecule has 0 atom stereocenters. The fourth-order valence-electron chi connectivity index (χ4n) is 0.933. The highest BCUT2D eigenvalue weighted by molar-refractivity contribution is 5.89. The first-order valence-electron chi connectivity index (χ1n) is 4.21. The number of nitrogens with two attached hydrogens (primary N) is 1. The van der Waals surface area contributed by atoms with Gasteiger partial charge in [-0.1, -0.05) is 0 Å². The number of ether oxygens (including phenoxy) is 2. The third-order valence-corrected chi connectivity index (χ3v) is 1.57. The maximum absolute atomic E-state index is 11.2. The highest BCUT2D eigenvalue weighted by Gasteiger charge is 2.17. The van der Waals surface area contributed by atoms with Gasteiger partial charge in [-0.3, -0.25) is 0 Å². The number of hydrogen-bond donors (Lipinski definition) is 1. The van der Waals surface area contributed by atoms with Crippen LogP contribution in [-0.4, -0.2) is 35.6 Å². The number of aromatic nitrogens is 2. The van der Waals surface area contributed by atoms with Gasteiger partial charge in [-0.25, -0.2) is 9.59 Å². The molecule has 0 aliphatic carbocycles. The van der Waals surface area contributed by atoms with Gasteiger partial charge < -0.3 is 15.2 Å². The van der Waals surface area contributed by atoms with Gasteiger partial charge >= 0.3 is 12.1 Å². The largest absolute Gasteiger partial charge is 0.461 e. The van der Waals surface area contributed by atoms with Gasteiger partial charge in [0.2, 0.25) is 0 Å². The Kier molecular flexibility index (Phi) is 3.27. The lowest BCUT2D eigenvalue weighted by Gasteiger charge is -1.98. The second kappa shape index (κ2) is 4.45. The number of anilines is 1. The SMILES string of the molecule is CCOC(=O)c1cc(N)n(C(=O)OC)n1. The van der Waals surface area contributed by atoms with Crippen molar-refractivity contribution in [2.75, 3.05) is 19.5 Å². The van der Waals surface area contributed by atoms with Crippen molar-refractivity contribution in [3.8, 4) is 0 Å². The van der Waals surface area contributed by atoms with Crippen LogP contribution in [-0.2, 0) is 9.47 Å². The molecular formula is C8H11N3O4. The smallest absolute Gasteiger partial charge is 0.436 e. The van der Waals surface area contributed by atoms with Crippen molar-refractivity contribution >= 4 is 17.9 Å². The normalized spacial score (nSPS) is 9.73. The second-order valence-corrected chi connectivity index (χ2v) is 2.56. The van der Waals surface area contributed by atoms with Crippen LogP contribution in [0.2, 0.25) is 0 Å². The van der Waals surface area contributed by atoms with Crippen LogP contribution in [0.15, 0.2) is 6.07 Å². The number of nitrogens with zero attached hydrogens (tertiary/aromatic N) is 2. The molecule has 0 aromatic carbocycles. The van der Waals surface area contributed by atoms with E-state index in [1.165, 1.54) is 13.2 Å². The molecule has 7 nitrogen and oxygen atoms in total. The van der Waals surface area contributed by atoms with E-state index in [-0.39, 0.29) is 18.1 Å². The maximum atomic E-state index is 11.2. The molecule has 0 saturated carbocycles. The molecule has 15 heavy (non-hydrogen) atoms. The second-order valence-electron chi connectivity index (χ2n) is 2.56. The quantitative estimate of drug-likeness (QED) is 0.707. The van der Waals surface area contributed by atoms with Crippen molar-refractivity contribution in [2.45, 2.75) is 6.92 Å². The molecule has 0 amide bonds. The third kappa shape index (κ3) is 2.25. The summed E-state index contributed by atoms with van der Waals surface area (Å²) in [5, 5.41) is 3.64. The Morgan fingerprint density at radius 1 is 1.60 bits per heavy atom. The summed E-state index contributed by atoms with van der Waals surface area (Å²) >= 11 is 0. The average molecular weight is 213 g/mol. The minimum absolute atomic E-state index is 0.0184. The van der Waals surface area contributed by atoms with Gasteiger partial charge in [0, 0.05) is 6.07 Å². The molecule has 1 aromatic heterocycles. The van der Waals surface area contributed by atoms with Crippen LogP contribution in [0.3, 0.4) is 0 Å². The predicted molar refractivity (Wildman–Crippen MR) is 50.4 cm³/mol. The summed E-state index contributed by atoms with van der Waals surface area (Å²) in [7, 11) is 1.19. The lowest BCUT2D eigenvalue weighted by atomic mass is 10.4. The molecule has 0 radical (unpaired) electrons. The standard InChI is InChI=1S/C8H11N3O4/c1-3-15-7(12)5-4-6(9)11(10-5)8(13)14-2/h4H,3,9H2,1-2H3. The zero-order chi connectivity index (χ0) is 11.4. The Hall–Kier alpha value is -2.05. The number of hydrogen-bond acceptors (Lipinski definition) is 6. The van der Waals surface area contributed by atoms with E-state index in [9.17, 15) is 9.59 Å². The predicted octanol–water partition coefficient (Wildman–Crippen LogP) is 0.257. The highest BCUT2D eigenvalue weighted by atomic mass is 16.5. The number of esters is 1. The molecule has 0 aliphatic heterocycles. The Labute approximate surface area is 85.8 Å². The van der Waals surface area contributed by atoms with Crippen LogP contribution < -0.4 is 5.73 Å². The molecule has 1 aromatic rings. The van der Waals surface area contributed by atoms with E-state index in [2.05, 4.69) is 14.6 Å². The first-order valence-corrected chi connectivity index (χ1v) is 4.21. The Morgan fingerprint density at radius 2 is 2.27 bits per heavy atom. The van der Waals surface area contributed by atoms with E-state index in [0.29, 0.717) is 0 Å². The van der Waals surface area contributed by atoms with Crippen LogP contribution in [0.4, 0.5) is 10.6 Å². The lowest BCUT2D eigenvalue weighted by molar-refractivity contribution is 0.0519. The van der Waals surface area contributed by atoms with Gasteiger partial charge in [0.05, 0.1) is 13.7 Å². The summed E-state index contributed by atoms with van der Waals surface area (Å²) < 4.78 is 9.87. The minimum Gasteiger partial charge on any atom is -0.461 e. The van der Waals surface area contributed by atoms with Crippen molar-refractivity contribution in [1.29, 1.82) is 0 Å². The molecule has 0 bridgehead atoms. The monoisotopic (exact) mass is 213 g/mol. The summed E-state index contributed by atoms with van der Waals surface area (Å²) in [6, 6.07) is 1.24. The zero-order valence-corrected chi connectivity index (χ0v) is 8.39. The number of carbonyl (C=O) groups is 2. The van der Waals surface area contributed by atoms with Gasteiger partial charge in [0.15, 0.2) is 5.69 Å². The van der Waals surface area contributed by atoms with Crippen LogP contribution in [0, 0.1) is 0 Å². The Morgan fingerprint density at radius 3 is 2.80 bits per heavy atom. The van der Waals surface area contributed by atoms with Gasteiger partial charge in [-0.2, -0.15) is 5.10 Å². The van der Waals surface area contributed by atoms with E-state index in [1.54, 1.807) is 6.92 Å². The van der Waals surface area contributed by atoms with E-state index in [1.807, 2.05) is 0 Å². The summed E-state index contributed by atoms with van der Waals surface area (Å²) in [5.74, 6) is -0.614. The summed E-state index contributed by atoms with van der Waals surface area (Å²) in [5.41, 5.74) is 5.42. The van der Waals surface area contributed by atoms with E-state index >= 15 is 0 Å². The highest BCUT2D eigenvalue weighted by Crippen LogP contribution is 2.08. The van der Waals surface area contributed by atoms with Crippen molar-refractivity contribution in [2.24, 2.45) is 0 Å². The van der Waals surface area contributed by atoms with Gasteiger partial charge in [0.25, 0.3) is 0 Å². The molecule has 0 aliphatic rings. The molecule has 2 N–H and O–H groups in total. The Bertz CT molecular complexity index is 385. The summed E-state index contributed by atoms with van der Waals surface area (Å²) in [6.45, 7) is 1.89. The lowest BCUT2D eigenvalue weighted by Crippen LogP contribution is -2.16.